The fraction of sp³-hybridized carbons (Fsp3) is 0.500. The van der Waals surface area contributed by atoms with E-state index in [9.17, 15) is 0 Å². The molecule has 0 aromatic heterocycles. The molecular weight excluding hydrogens is 252 g/mol. The molecule has 2 nitrogen and oxygen atoms in total. The highest BCUT2D eigenvalue weighted by atomic mass is 79.9. The summed E-state index contributed by atoms with van der Waals surface area (Å²) in [6.45, 7) is 4.24. The van der Waals surface area contributed by atoms with E-state index >= 15 is 0 Å². The van der Waals surface area contributed by atoms with Gasteiger partial charge < -0.3 is 10.6 Å². The van der Waals surface area contributed by atoms with Crippen molar-refractivity contribution in [3.8, 4) is 0 Å². The molecule has 1 aromatic carbocycles. The molecule has 15 heavy (non-hydrogen) atoms. The van der Waals surface area contributed by atoms with E-state index in [2.05, 4.69) is 46.0 Å². The summed E-state index contributed by atoms with van der Waals surface area (Å²) in [5.41, 5.74) is 8.56. The van der Waals surface area contributed by atoms with Gasteiger partial charge in [-0.05, 0) is 43.5 Å². The van der Waals surface area contributed by atoms with Gasteiger partial charge in [-0.15, -0.1) is 0 Å². The van der Waals surface area contributed by atoms with Crippen LogP contribution in [0, 0.1) is 6.92 Å². The van der Waals surface area contributed by atoms with Gasteiger partial charge in [-0.25, -0.2) is 0 Å². The highest BCUT2D eigenvalue weighted by molar-refractivity contribution is 9.10. The summed E-state index contributed by atoms with van der Waals surface area (Å²) >= 11 is 3.52. The Hall–Kier alpha value is -0.540. The van der Waals surface area contributed by atoms with E-state index in [1.54, 1.807) is 0 Å². The maximum atomic E-state index is 5.98. The maximum absolute atomic E-state index is 5.98. The molecule has 3 heteroatoms. The summed E-state index contributed by atoms with van der Waals surface area (Å²) in [6.07, 6.45) is 2.36. The number of nitrogens with zero attached hydrogens (tertiary/aromatic N) is 1. The molecule has 1 fully saturated rings. The van der Waals surface area contributed by atoms with E-state index < -0.39 is 0 Å². The molecule has 1 heterocycles. The smallest absolute Gasteiger partial charge is 0.0370 e. The van der Waals surface area contributed by atoms with Crippen molar-refractivity contribution in [2.45, 2.75) is 25.8 Å². The van der Waals surface area contributed by atoms with E-state index in [0.717, 1.165) is 19.5 Å². The molecule has 0 amide bonds. The molecule has 82 valence electrons. The first-order valence-electron chi connectivity index (χ1n) is 5.43. The molecule has 1 aliphatic heterocycles. The summed E-state index contributed by atoms with van der Waals surface area (Å²) in [6, 6.07) is 6.84. The molecule has 0 saturated carbocycles. The number of nitrogens with two attached hydrogens (primary N) is 1. The summed E-state index contributed by atoms with van der Waals surface area (Å²) in [5.74, 6) is 0. The van der Waals surface area contributed by atoms with Crippen LogP contribution in [-0.4, -0.2) is 19.1 Å². The van der Waals surface area contributed by atoms with Gasteiger partial charge in [0, 0.05) is 29.3 Å². The number of anilines is 1. The van der Waals surface area contributed by atoms with Crippen molar-refractivity contribution < 1.29 is 0 Å². The Morgan fingerprint density at radius 2 is 2.27 bits per heavy atom. The first-order valence-corrected chi connectivity index (χ1v) is 6.23. The lowest BCUT2D eigenvalue weighted by Crippen LogP contribution is -2.42. The zero-order valence-electron chi connectivity index (χ0n) is 9.04. The summed E-state index contributed by atoms with van der Waals surface area (Å²) in [7, 11) is 0. The van der Waals surface area contributed by atoms with Crippen molar-refractivity contribution in [2.75, 3.05) is 18.0 Å². The fourth-order valence-electron chi connectivity index (χ4n) is 2.07. The van der Waals surface area contributed by atoms with Crippen LogP contribution < -0.4 is 10.6 Å². The third-order valence-electron chi connectivity index (χ3n) is 2.96. The SMILES string of the molecule is Cc1cc(N2CCCC(N)C2)ccc1Br. The Balaban J connectivity index is 2.18. The number of aryl methyl sites for hydroxylation is 1. The van der Waals surface area contributed by atoms with E-state index in [1.807, 2.05) is 0 Å². The molecule has 0 radical (unpaired) electrons. The topological polar surface area (TPSA) is 29.3 Å². The van der Waals surface area contributed by atoms with Crippen molar-refractivity contribution in [2.24, 2.45) is 5.73 Å². The van der Waals surface area contributed by atoms with Gasteiger partial charge in [0.2, 0.25) is 0 Å². The van der Waals surface area contributed by atoms with Crippen LogP contribution in [0.2, 0.25) is 0 Å². The van der Waals surface area contributed by atoms with Crippen LogP contribution in [0.5, 0.6) is 0 Å². The second-order valence-corrected chi connectivity index (χ2v) is 5.14. The van der Waals surface area contributed by atoms with Gasteiger partial charge in [0.25, 0.3) is 0 Å². The first kappa shape index (κ1) is 11.0. The second kappa shape index (κ2) is 4.54. The molecule has 0 aliphatic carbocycles. The highest BCUT2D eigenvalue weighted by Crippen LogP contribution is 2.24. The zero-order valence-corrected chi connectivity index (χ0v) is 10.6. The molecule has 0 spiro atoms. The minimum Gasteiger partial charge on any atom is -0.370 e. The van der Waals surface area contributed by atoms with E-state index in [0.29, 0.717) is 6.04 Å². The molecule has 1 aromatic rings. The van der Waals surface area contributed by atoms with Crippen LogP contribution in [0.3, 0.4) is 0 Å². The zero-order chi connectivity index (χ0) is 10.8. The second-order valence-electron chi connectivity index (χ2n) is 4.28. The maximum Gasteiger partial charge on any atom is 0.0370 e. The predicted octanol–water partition coefficient (Wildman–Crippen LogP) is 2.69. The van der Waals surface area contributed by atoms with E-state index in [4.69, 9.17) is 5.73 Å². The van der Waals surface area contributed by atoms with Crippen molar-refractivity contribution in [3.63, 3.8) is 0 Å². The molecule has 2 N–H and O–H groups in total. The quantitative estimate of drug-likeness (QED) is 0.849. The summed E-state index contributed by atoms with van der Waals surface area (Å²) < 4.78 is 1.17. The van der Waals surface area contributed by atoms with Crippen molar-refractivity contribution in [3.05, 3.63) is 28.2 Å². The Kier molecular flexibility index (Phi) is 3.32. The molecule has 0 bridgehead atoms. The average Bonchev–Trinajstić information content (AvgIpc) is 2.22. The largest absolute Gasteiger partial charge is 0.370 e. The average molecular weight is 269 g/mol. The van der Waals surface area contributed by atoms with Crippen LogP contribution in [-0.2, 0) is 0 Å². The summed E-state index contributed by atoms with van der Waals surface area (Å²) in [4.78, 5) is 2.38. The van der Waals surface area contributed by atoms with Crippen molar-refractivity contribution >= 4 is 21.6 Å². The summed E-state index contributed by atoms with van der Waals surface area (Å²) in [5, 5.41) is 0. The fourth-order valence-corrected chi connectivity index (χ4v) is 2.32. The lowest BCUT2D eigenvalue weighted by Gasteiger charge is -2.32. The van der Waals surface area contributed by atoms with Gasteiger partial charge in [0.15, 0.2) is 0 Å². The van der Waals surface area contributed by atoms with Crippen LogP contribution in [0.25, 0.3) is 0 Å². The molecular formula is C12H17BrN2. The Labute approximate surface area is 99.6 Å². The normalized spacial score (nSPS) is 21.8. The number of benzene rings is 1. The third kappa shape index (κ3) is 2.52. The lowest BCUT2D eigenvalue weighted by molar-refractivity contribution is 0.506. The third-order valence-corrected chi connectivity index (χ3v) is 3.85. The minimum atomic E-state index is 0.336. The Bertz CT molecular complexity index is 351. The molecule has 2 rings (SSSR count). The van der Waals surface area contributed by atoms with Gasteiger partial charge >= 0.3 is 0 Å². The molecule has 1 unspecified atom stereocenters. The Morgan fingerprint density at radius 1 is 1.47 bits per heavy atom. The number of halogens is 1. The van der Waals surface area contributed by atoms with Gasteiger partial charge in [-0.3, -0.25) is 0 Å². The molecule has 1 aliphatic rings. The monoisotopic (exact) mass is 268 g/mol. The van der Waals surface area contributed by atoms with Gasteiger partial charge in [0.1, 0.15) is 0 Å². The molecule has 1 saturated heterocycles. The first-order chi connectivity index (χ1) is 7.16. The standard InChI is InChI=1S/C12H17BrN2/c1-9-7-11(4-5-12(9)13)15-6-2-3-10(14)8-15/h4-5,7,10H,2-3,6,8,14H2,1H3. The number of piperidine rings is 1. The predicted molar refractivity (Wildman–Crippen MR) is 68.3 cm³/mol. The minimum absolute atomic E-state index is 0.336. The van der Waals surface area contributed by atoms with Gasteiger partial charge in [0.05, 0.1) is 0 Å². The van der Waals surface area contributed by atoms with Crippen molar-refractivity contribution in [1.82, 2.24) is 0 Å². The van der Waals surface area contributed by atoms with Crippen LogP contribution in [0.15, 0.2) is 22.7 Å². The van der Waals surface area contributed by atoms with Crippen LogP contribution in [0.1, 0.15) is 18.4 Å². The number of hydrogen-bond donors (Lipinski definition) is 1. The van der Waals surface area contributed by atoms with Crippen molar-refractivity contribution in [1.29, 1.82) is 0 Å². The van der Waals surface area contributed by atoms with Gasteiger partial charge in [-0.2, -0.15) is 0 Å². The lowest BCUT2D eigenvalue weighted by atomic mass is 10.1. The van der Waals surface area contributed by atoms with Crippen LogP contribution in [0.4, 0.5) is 5.69 Å². The number of rotatable bonds is 1. The number of hydrogen-bond acceptors (Lipinski definition) is 2. The molecule has 1 atom stereocenters. The highest BCUT2D eigenvalue weighted by Gasteiger charge is 2.16. The Morgan fingerprint density at radius 3 is 2.93 bits per heavy atom. The van der Waals surface area contributed by atoms with E-state index in [-0.39, 0.29) is 0 Å². The van der Waals surface area contributed by atoms with E-state index in [1.165, 1.54) is 22.1 Å². The van der Waals surface area contributed by atoms with Gasteiger partial charge in [-0.1, -0.05) is 15.9 Å². The van der Waals surface area contributed by atoms with Crippen LogP contribution >= 0.6 is 15.9 Å².